The van der Waals surface area contributed by atoms with Crippen LogP contribution in [0.15, 0.2) is 30.3 Å². The molecule has 108 valence electrons. The van der Waals surface area contributed by atoms with E-state index in [4.69, 9.17) is 5.73 Å². The number of hydrogen-bond donors (Lipinski definition) is 1. The topological polar surface area (TPSA) is 63.4 Å². The van der Waals surface area contributed by atoms with Gasteiger partial charge in [0.25, 0.3) is 0 Å². The zero-order valence-electron chi connectivity index (χ0n) is 11.7. The molecule has 0 heterocycles. The normalized spacial score (nSPS) is 12.3. The lowest BCUT2D eigenvalue weighted by molar-refractivity contribution is 0.289. The predicted molar refractivity (Wildman–Crippen MR) is 79.7 cm³/mol. The van der Waals surface area contributed by atoms with Gasteiger partial charge < -0.3 is 5.73 Å². The van der Waals surface area contributed by atoms with E-state index in [9.17, 15) is 8.42 Å². The zero-order chi connectivity index (χ0) is 14.3. The van der Waals surface area contributed by atoms with Gasteiger partial charge in [0.05, 0.1) is 11.0 Å². The molecule has 0 bridgehead atoms. The molecule has 0 aliphatic carbocycles. The molecule has 0 amide bonds. The van der Waals surface area contributed by atoms with Crippen molar-refractivity contribution in [3.05, 3.63) is 35.9 Å². The van der Waals surface area contributed by atoms with Crippen molar-refractivity contribution in [3.8, 4) is 0 Å². The van der Waals surface area contributed by atoms with Crippen LogP contribution in [-0.4, -0.2) is 44.0 Å². The van der Waals surface area contributed by atoms with Gasteiger partial charge in [-0.05, 0) is 19.4 Å². The maximum Gasteiger partial charge on any atom is 0.153 e. The van der Waals surface area contributed by atoms with Gasteiger partial charge in [-0.3, -0.25) is 4.90 Å². The van der Waals surface area contributed by atoms with Crippen LogP contribution < -0.4 is 5.73 Å². The Hall–Kier alpha value is -0.910. The Bertz CT molecular complexity index is 458. The third-order valence-electron chi connectivity index (χ3n) is 3.10. The minimum Gasteiger partial charge on any atom is -0.329 e. The molecule has 1 aromatic carbocycles. The fraction of sp³-hybridized carbons (Fsp3) is 0.571. The fourth-order valence-electron chi connectivity index (χ4n) is 1.79. The highest BCUT2D eigenvalue weighted by molar-refractivity contribution is 7.92. The maximum absolute atomic E-state index is 11.8. The van der Waals surface area contributed by atoms with Crippen molar-refractivity contribution >= 4 is 9.84 Å². The van der Waals surface area contributed by atoms with E-state index >= 15 is 0 Å². The van der Waals surface area contributed by atoms with E-state index < -0.39 is 9.84 Å². The Kier molecular flexibility index (Phi) is 6.48. The van der Waals surface area contributed by atoms with Crippen LogP contribution in [0, 0.1) is 0 Å². The average Bonchev–Trinajstić information content (AvgIpc) is 2.37. The monoisotopic (exact) mass is 284 g/mol. The first kappa shape index (κ1) is 16.1. The summed E-state index contributed by atoms with van der Waals surface area (Å²) in [6.07, 6.45) is 0. The van der Waals surface area contributed by atoms with Crippen molar-refractivity contribution in [2.45, 2.75) is 25.6 Å². The van der Waals surface area contributed by atoms with Crippen LogP contribution in [0.3, 0.4) is 0 Å². The summed E-state index contributed by atoms with van der Waals surface area (Å²) >= 11 is 0. The van der Waals surface area contributed by atoms with Gasteiger partial charge in [-0.25, -0.2) is 8.42 Å². The van der Waals surface area contributed by atoms with Crippen molar-refractivity contribution in [1.29, 1.82) is 0 Å². The van der Waals surface area contributed by atoms with Crippen molar-refractivity contribution in [1.82, 2.24) is 4.90 Å². The molecule has 5 heteroatoms. The minimum absolute atomic E-state index is 0.192. The Labute approximate surface area is 116 Å². The maximum atomic E-state index is 11.8. The Morgan fingerprint density at radius 1 is 1.16 bits per heavy atom. The molecular formula is C14H24N2O2S. The smallest absolute Gasteiger partial charge is 0.153 e. The first-order chi connectivity index (χ1) is 8.95. The van der Waals surface area contributed by atoms with E-state index in [1.165, 1.54) is 5.56 Å². The SMILES string of the molecule is CC(C)S(=O)(=O)CCN(CCN)Cc1ccccc1. The van der Waals surface area contributed by atoms with E-state index in [0.29, 0.717) is 19.6 Å². The minimum atomic E-state index is -2.99. The summed E-state index contributed by atoms with van der Waals surface area (Å²) in [6, 6.07) is 10.0. The van der Waals surface area contributed by atoms with Gasteiger partial charge >= 0.3 is 0 Å². The number of benzene rings is 1. The number of nitrogens with zero attached hydrogens (tertiary/aromatic N) is 1. The Balaban J connectivity index is 2.59. The Morgan fingerprint density at radius 2 is 1.79 bits per heavy atom. The summed E-state index contributed by atoms with van der Waals surface area (Å²) in [5.74, 6) is 0.192. The number of rotatable bonds is 8. The van der Waals surface area contributed by atoms with Crippen molar-refractivity contribution in [2.24, 2.45) is 5.73 Å². The van der Waals surface area contributed by atoms with Crippen LogP contribution in [0.25, 0.3) is 0 Å². The van der Waals surface area contributed by atoms with Crippen LogP contribution in [0.2, 0.25) is 0 Å². The number of nitrogens with two attached hydrogens (primary N) is 1. The largest absolute Gasteiger partial charge is 0.329 e. The number of sulfone groups is 1. The molecule has 0 aromatic heterocycles. The molecule has 0 atom stereocenters. The van der Waals surface area contributed by atoms with Gasteiger partial charge in [0.2, 0.25) is 0 Å². The van der Waals surface area contributed by atoms with Crippen molar-refractivity contribution in [3.63, 3.8) is 0 Å². The molecule has 0 radical (unpaired) electrons. The molecule has 0 aliphatic heterocycles. The van der Waals surface area contributed by atoms with E-state index in [-0.39, 0.29) is 11.0 Å². The standard InChI is InChI=1S/C14H24N2O2S/c1-13(2)19(17,18)11-10-16(9-8-15)12-14-6-4-3-5-7-14/h3-7,13H,8-12,15H2,1-2H3. The highest BCUT2D eigenvalue weighted by atomic mass is 32.2. The second-order valence-corrected chi connectivity index (χ2v) is 7.64. The molecular weight excluding hydrogens is 260 g/mol. The third-order valence-corrected chi connectivity index (χ3v) is 5.29. The molecule has 0 fully saturated rings. The first-order valence-electron chi connectivity index (χ1n) is 6.63. The second kappa shape index (κ2) is 7.62. The summed E-state index contributed by atoms with van der Waals surface area (Å²) in [7, 11) is -2.99. The highest BCUT2D eigenvalue weighted by Gasteiger charge is 2.17. The lowest BCUT2D eigenvalue weighted by atomic mass is 10.2. The molecule has 0 saturated carbocycles. The summed E-state index contributed by atoms with van der Waals surface area (Å²) in [4.78, 5) is 2.09. The van der Waals surface area contributed by atoms with Gasteiger partial charge in [-0.15, -0.1) is 0 Å². The fourth-order valence-corrected chi connectivity index (χ4v) is 2.77. The second-order valence-electron chi connectivity index (χ2n) is 4.97. The van der Waals surface area contributed by atoms with E-state index in [0.717, 1.165) is 6.54 Å². The summed E-state index contributed by atoms with van der Waals surface area (Å²) in [6.45, 7) is 5.97. The highest BCUT2D eigenvalue weighted by Crippen LogP contribution is 2.06. The predicted octanol–water partition coefficient (Wildman–Crippen LogP) is 1.27. The van der Waals surface area contributed by atoms with Crippen LogP contribution in [0.4, 0.5) is 0 Å². The van der Waals surface area contributed by atoms with Crippen LogP contribution in [0.5, 0.6) is 0 Å². The quantitative estimate of drug-likeness (QED) is 0.781. The molecule has 0 unspecified atom stereocenters. The molecule has 0 spiro atoms. The third kappa shape index (κ3) is 5.72. The van der Waals surface area contributed by atoms with E-state index in [1.54, 1.807) is 13.8 Å². The zero-order valence-corrected chi connectivity index (χ0v) is 12.6. The van der Waals surface area contributed by atoms with Crippen molar-refractivity contribution < 1.29 is 8.42 Å². The molecule has 2 N–H and O–H groups in total. The number of hydrogen-bond acceptors (Lipinski definition) is 4. The molecule has 0 saturated heterocycles. The Morgan fingerprint density at radius 3 is 2.32 bits per heavy atom. The average molecular weight is 284 g/mol. The molecule has 19 heavy (non-hydrogen) atoms. The molecule has 4 nitrogen and oxygen atoms in total. The van der Waals surface area contributed by atoms with Crippen LogP contribution in [0.1, 0.15) is 19.4 Å². The van der Waals surface area contributed by atoms with E-state index in [1.807, 2.05) is 30.3 Å². The first-order valence-corrected chi connectivity index (χ1v) is 8.35. The summed E-state index contributed by atoms with van der Waals surface area (Å²) in [5.41, 5.74) is 6.77. The van der Waals surface area contributed by atoms with Crippen molar-refractivity contribution in [2.75, 3.05) is 25.4 Å². The summed E-state index contributed by atoms with van der Waals surface area (Å²) < 4.78 is 23.7. The van der Waals surface area contributed by atoms with Gasteiger partial charge in [-0.1, -0.05) is 30.3 Å². The lowest BCUT2D eigenvalue weighted by Gasteiger charge is -2.22. The lowest BCUT2D eigenvalue weighted by Crippen LogP contribution is -2.34. The van der Waals surface area contributed by atoms with Crippen LogP contribution >= 0.6 is 0 Å². The van der Waals surface area contributed by atoms with Gasteiger partial charge in [0.15, 0.2) is 9.84 Å². The van der Waals surface area contributed by atoms with Crippen LogP contribution in [-0.2, 0) is 16.4 Å². The van der Waals surface area contributed by atoms with E-state index in [2.05, 4.69) is 4.90 Å². The molecule has 1 rings (SSSR count). The summed E-state index contributed by atoms with van der Waals surface area (Å²) in [5, 5.41) is -0.316. The van der Waals surface area contributed by atoms with Gasteiger partial charge in [-0.2, -0.15) is 0 Å². The molecule has 1 aromatic rings. The van der Waals surface area contributed by atoms with Gasteiger partial charge in [0.1, 0.15) is 0 Å². The van der Waals surface area contributed by atoms with Gasteiger partial charge in [0, 0.05) is 26.2 Å². The molecule has 0 aliphatic rings.